The van der Waals surface area contributed by atoms with E-state index < -0.39 is 0 Å². The van der Waals surface area contributed by atoms with Crippen molar-refractivity contribution in [3.8, 4) is 24.3 Å². The van der Waals surface area contributed by atoms with Crippen molar-refractivity contribution in [2.75, 3.05) is 38.7 Å². The van der Waals surface area contributed by atoms with E-state index in [1.54, 1.807) is 28.9 Å². The molecule has 10 heteroatoms. The number of ether oxygens (including phenoxy) is 1. The summed E-state index contributed by atoms with van der Waals surface area (Å²) in [6.07, 6.45) is 12.6. The monoisotopic (exact) mass is 729 g/mol. The molecular formula is C44H51N5O5. The van der Waals surface area contributed by atoms with Gasteiger partial charge in [-0.2, -0.15) is 5.10 Å². The lowest BCUT2D eigenvalue weighted by Crippen LogP contribution is -2.36. The average Bonchev–Trinajstić information content (AvgIpc) is 3.61. The van der Waals surface area contributed by atoms with Crippen LogP contribution in [0.2, 0.25) is 0 Å². The molecule has 5 aromatic rings. The summed E-state index contributed by atoms with van der Waals surface area (Å²) in [4.78, 5) is 44.9. The summed E-state index contributed by atoms with van der Waals surface area (Å²) in [6, 6.07) is 28.8. The van der Waals surface area contributed by atoms with Crippen molar-refractivity contribution in [2.45, 2.75) is 59.4 Å². The van der Waals surface area contributed by atoms with Crippen molar-refractivity contribution in [2.24, 2.45) is 0 Å². The Hall–Kier alpha value is -5.92. The molecule has 0 saturated carbocycles. The van der Waals surface area contributed by atoms with E-state index in [4.69, 9.17) is 14.9 Å². The van der Waals surface area contributed by atoms with Gasteiger partial charge in [0.05, 0.1) is 11.3 Å². The van der Waals surface area contributed by atoms with Gasteiger partial charge in [-0.1, -0.05) is 87.4 Å². The fourth-order valence-electron chi connectivity index (χ4n) is 6.47. The molecule has 4 aromatic carbocycles. The zero-order valence-electron chi connectivity index (χ0n) is 31.8. The van der Waals surface area contributed by atoms with Gasteiger partial charge in [-0.05, 0) is 73.0 Å². The third kappa shape index (κ3) is 9.94. The van der Waals surface area contributed by atoms with E-state index in [0.29, 0.717) is 54.6 Å². The number of hydrogen-bond donors (Lipinski definition) is 2. The fourth-order valence-corrected chi connectivity index (χ4v) is 6.47. The number of terminal acetylenes is 1. The van der Waals surface area contributed by atoms with Gasteiger partial charge in [0.15, 0.2) is 12.3 Å². The number of anilines is 1. The first-order chi connectivity index (χ1) is 26.4. The fraction of sp³-hybridized carbons (Fsp3) is 0.318. The van der Waals surface area contributed by atoms with E-state index in [2.05, 4.69) is 44.1 Å². The molecule has 0 bridgehead atoms. The molecule has 2 heterocycles. The second kappa shape index (κ2) is 20.4. The molecule has 1 aliphatic heterocycles. The topological polar surface area (TPSA) is 117 Å². The summed E-state index contributed by atoms with van der Waals surface area (Å²) in [6.45, 7) is 8.33. The quantitative estimate of drug-likeness (QED) is 0.122. The number of unbranched alkanes of at least 4 members (excludes halogenated alkanes) is 2. The molecule has 3 amide bonds. The number of aliphatic hydroxyl groups excluding tert-OH is 1. The number of aromatic nitrogens is 2. The highest BCUT2D eigenvalue weighted by Crippen LogP contribution is 2.28. The summed E-state index contributed by atoms with van der Waals surface area (Å²) in [7, 11) is 1.00. The van der Waals surface area contributed by atoms with Crippen LogP contribution >= 0.6 is 0 Å². The molecule has 0 atom stereocenters. The minimum Gasteiger partial charge on any atom is -0.483 e. The van der Waals surface area contributed by atoms with Crippen molar-refractivity contribution in [1.29, 1.82) is 0 Å². The Morgan fingerprint density at radius 2 is 1.54 bits per heavy atom. The van der Waals surface area contributed by atoms with Crippen molar-refractivity contribution in [1.82, 2.24) is 19.6 Å². The van der Waals surface area contributed by atoms with Crippen LogP contribution in [0.25, 0.3) is 16.5 Å². The molecule has 0 spiro atoms. The maximum atomic E-state index is 14.3. The number of nitrogens with one attached hydrogen (secondary N) is 1. The zero-order valence-corrected chi connectivity index (χ0v) is 31.8. The van der Waals surface area contributed by atoms with E-state index in [9.17, 15) is 14.4 Å². The van der Waals surface area contributed by atoms with Crippen molar-refractivity contribution < 1.29 is 24.2 Å². The average molecular weight is 730 g/mol. The zero-order chi connectivity index (χ0) is 39.0. The highest BCUT2D eigenvalue weighted by atomic mass is 16.5. The highest BCUT2D eigenvalue weighted by Gasteiger charge is 2.27. The number of carbonyl (C=O) groups excluding carboxylic acids is 3. The molecule has 0 unspecified atom stereocenters. The molecule has 282 valence electrons. The smallest absolute Gasteiger partial charge is 0.274 e. The summed E-state index contributed by atoms with van der Waals surface area (Å²) >= 11 is 0. The van der Waals surface area contributed by atoms with E-state index in [1.807, 2.05) is 71.3 Å². The van der Waals surface area contributed by atoms with Crippen molar-refractivity contribution in [3.05, 3.63) is 119 Å². The van der Waals surface area contributed by atoms with Gasteiger partial charge >= 0.3 is 0 Å². The first-order valence-corrected chi connectivity index (χ1v) is 18.4. The number of aryl methyl sites for hydroxylation is 1. The number of aliphatic hydroxyl groups is 1. The maximum absolute atomic E-state index is 14.3. The van der Waals surface area contributed by atoms with Gasteiger partial charge in [-0.3, -0.25) is 14.4 Å². The normalized spacial score (nSPS) is 11.6. The summed E-state index contributed by atoms with van der Waals surface area (Å²) < 4.78 is 7.60. The molecule has 0 saturated heterocycles. The standard InChI is InChI=1S/C41H45N5O4.C2H2.CH4O/c1-4-6-22-44(23-7-5-2)41(49)36-25-29(3)46(43-36)37-20-19-33(26-35(37)40(48)45-24-21-30-13-8-9-15-32(30)27-45)42-39(47)28-50-38-18-12-16-31-14-10-11-17-34(31)38;2*1-2/h8-20,25-26H,4-7,21-24,27-28H2,1-3H3,(H,42,47);1-2H;2H,1H3. The van der Waals surface area contributed by atoms with Crippen LogP contribution in [0.3, 0.4) is 0 Å². The largest absolute Gasteiger partial charge is 0.483 e. The summed E-state index contributed by atoms with van der Waals surface area (Å²) in [5.74, 6) is -0.00654. The van der Waals surface area contributed by atoms with Crippen LogP contribution < -0.4 is 10.1 Å². The highest BCUT2D eigenvalue weighted by molar-refractivity contribution is 6.01. The van der Waals surface area contributed by atoms with Crippen LogP contribution in [0.5, 0.6) is 5.75 Å². The summed E-state index contributed by atoms with van der Waals surface area (Å²) in [5.41, 5.74) is 4.84. The predicted molar refractivity (Wildman–Crippen MR) is 215 cm³/mol. The van der Waals surface area contributed by atoms with Gasteiger partial charge in [0.1, 0.15) is 5.75 Å². The lowest BCUT2D eigenvalue weighted by molar-refractivity contribution is -0.118. The lowest BCUT2D eigenvalue weighted by Gasteiger charge is -2.29. The number of carbonyl (C=O) groups is 3. The third-order valence-electron chi connectivity index (χ3n) is 9.22. The molecular weight excluding hydrogens is 679 g/mol. The van der Waals surface area contributed by atoms with Crippen LogP contribution in [0.15, 0.2) is 91.0 Å². The van der Waals surface area contributed by atoms with Crippen LogP contribution in [0.1, 0.15) is 77.2 Å². The van der Waals surface area contributed by atoms with E-state index in [-0.39, 0.29) is 24.3 Å². The van der Waals surface area contributed by atoms with Crippen molar-refractivity contribution >= 4 is 34.2 Å². The maximum Gasteiger partial charge on any atom is 0.274 e. The molecule has 10 nitrogen and oxygen atoms in total. The third-order valence-corrected chi connectivity index (χ3v) is 9.22. The number of nitrogens with zero attached hydrogens (tertiary/aromatic N) is 4. The Kier molecular flexibility index (Phi) is 15.4. The Labute approximate surface area is 318 Å². The Morgan fingerprint density at radius 3 is 2.26 bits per heavy atom. The number of amides is 3. The van der Waals surface area contributed by atoms with Gasteiger partial charge in [0.25, 0.3) is 17.7 Å². The Morgan fingerprint density at radius 1 is 0.870 bits per heavy atom. The molecule has 6 rings (SSSR count). The number of benzene rings is 4. The van der Waals surface area contributed by atoms with Crippen LogP contribution in [-0.4, -0.2) is 75.8 Å². The second-order valence-electron chi connectivity index (χ2n) is 12.9. The van der Waals surface area contributed by atoms with Crippen LogP contribution in [-0.2, 0) is 17.8 Å². The second-order valence-corrected chi connectivity index (χ2v) is 12.9. The van der Waals surface area contributed by atoms with Gasteiger partial charge < -0.3 is 25.0 Å². The minimum atomic E-state index is -0.349. The Balaban J connectivity index is 0.00000157. The predicted octanol–water partition coefficient (Wildman–Crippen LogP) is 7.45. The van der Waals surface area contributed by atoms with Crippen LogP contribution in [0, 0.1) is 19.8 Å². The van der Waals surface area contributed by atoms with E-state index in [0.717, 1.165) is 61.2 Å². The molecule has 54 heavy (non-hydrogen) atoms. The van der Waals surface area contributed by atoms with E-state index in [1.165, 1.54) is 5.56 Å². The van der Waals surface area contributed by atoms with E-state index >= 15 is 0 Å². The number of hydrogen-bond acceptors (Lipinski definition) is 6. The van der Waals surface area contributed by atoms with Gasteiger partial charge in [-0.25, -0.2) is 4.68 Å². The lowest BCUT2D eigenvalue weighted by atomic mass is 9.99. The molecule has 2 N–H and O–H groups in total. The summed E-state index contributed by atoms with van der Waals surface area (Å²) in [5, 5.41) is 16.6. The minimum absolute atomic E-state index is 0.107. The molecule has 1 aliphatic rings. The molecule has 1 aromatic heterocycles. The molecule has 0 radical (unpaired) electrons. The van der Waals surface area contributed by atoms with Gasteiger partial charge in [-0.15, -0.1) is 12.8 Å². The first kappa shape index (κ1) is 40.8. The van der Waals surface area contributed by atoms with Gasteiger partial charge in [0.2, 0.25) is 0 Å². The van der Waals surface area contributed by atoms with Gasteiger partial charge in [0, 0.05) is 50.1 Å². The van der Waals surface area contributed by atoms with Crippen LogP contribution in [0.4, 0.5) is 5.69 Å². The van der Waals surface area contributed by atoms with Crippen molar-refractivity contribution in [3.63, 3.8) is 0 Å². The molecule has 0 fully saturated rings. The number of rotatable bonds is 13. The SMILES string of the molecule is C#C.CCCCN(CCCC)C(=O)c1cc(C)n(-c2ccc(NC(=O)COc3cccc4ccccc34)cc2C(=O)N2CCc3ccccc3C2)n1.CO. The first-order valence-electron chi connectivity index (χ1n) is 18.4. The Bertz CT molecular complexity index is 2040. The number of fused-ring (bicyclic) bond motifs is 2. The molecule has 0 aliphatic carbocycles.